The minimum Gasteiger partial charge on any atom is -0.399 e. The number of aliphatic hydroxyl groups is 1. The minimum atomic E-state index is 0.315. The summed E-state index contributed by atoms with van der Waals surface area (Å²) < 4.78 is 0. The molecule has 0 fully saturated rings. The molecular weight excluding hydrogens is 212 g/mol. The van der Waals surface area contributed by atoms with Gasteiger partial charge in [-0.25, -0.2) is 0 Å². The summed E-state index contributed by atoms with van der Waals surface area (Å²) in [6, 6.07) is 8.09. The Kier molecular flexibility index (Phi) is 6.67. The van der Waals surface area contributed by atoms with E-state index in [-0.39, 0.29) is 0 Å². The lowest BCUT2D eigenvalue weighted by Crippen LogP contribution is -2.22. The molecule has 0 radical (unpaired) electrons. The third kappa shape index (κ3) is 6.29. The van der Waals surface area contributed by atoms with Crippen LogP contribution in [-0.4, -0.2) is 36.8 Å². The fourth-order valence-corrected chi connectivity index (χ4v) is 1.79. The van der Waals surface area contributed by atoms with Crippen molar-refractivity contribution in [2.24, 2.45) is 0 Å². The number of unbranched alkanes of at least 4 members (excludes halogenated alkanes) is 2. The summed E-state index contributed by atoms with van der Waals surface area (Å²) in [6.45, 7) is 2.49. The Morgan fingerprint density at radius 3 is 2.41 bits per heavy atom. The number of nitrogens with zero attached hydrogens (tertiary/aromatic N) is 1. The van der Waals surface area contributed by atoms with E-state index >= 15 is 0 Å². The maximum atomic E-state index is 8.68. The van der Waals surface area contributed by atoms with Crippen LogP contribution in [0.15, 0.2) is 24.3 Å². The van der Waals surface area contributed by atoms with E-state index in [2.05, 4.69) is 24.1 Å². The quantitative estimate of drug-likeness (QED) is 0.535. The molecule has 0 aromatic heterocycles. The lowest BCUT2D eigenvalue weighted by atomic mass is 10.1. The summed E-state index contributed by atoms with van der Waals surface area (Å²) in [7, 11) is 2.15. The predicted molar refractivity (Wildman–Crippen MR) is 73.0 cm³/mol. The smallest absolute Gasteiger partial charge is 0.0431 e. The lowest BCUT2D eigenvalue weighted by molar-refractivity contribution is 0.273. The van der Waals surface area contributed by atoms with Gasteiger partial charge >= 0.3 is 0 Å². The largest absolute Gasteiger partial charge is 0.399 e. The van der Waals surface area contributed by atoms with Gasteiger partial charge in [0.1, 0.15) is 0 Å². The van der Waals surface area contributed by atoms with Crippen molar-refractivity contribution in [2.45, 2.75) is 25.7 Å². The zero-order valence-electron chi connectivity index (χ0n) is 10.7. The highest BCUT2D eigenvalue weighted by Crippen LogP contribution is 2.06. The van der Waals surface area contributed by atoms with E-state index in [4.69, 9.17) is 10.8 Å². The molecule has 0 aliphatic heterocycles. The van der Waals surface area contributed by atoms with Crippen LogP contribution in [0.25, 0.3) is 0 Å². The van der Waals surface area contributed by atoms with Crippen molar-refractivity contribution in [3.05, 3.63) is 29.8 Å². The van der Waals surface area contributed by atoms with Crippen LogP contribution in [0, 0.1) is 0 Å². The van der Waals surface area contributed by atoms with Crippen LogP contribution in [-0.2, 0) is 6.42 Å². The zero-order chi connectivity index (χ0) is 12.5. The normalized spacial score (nSPS) is 11.0. The fourth-order valence-electron chi connectivity index (χ4n) is 1.79. The molecule has 0 bridgehead atoms. The topological polar surface area (TPSA) is 49.5 Å². The van der Waals surface area contributed by atoms with Gasteiger partial charge in [-0.3, -0.25) is 0 Å². The summed E-state index contributed by atoms with van der Waals surface area (Å²) in [6.07, 6.45) is 4.27. The second kappa shape index (κ2) is 8.09. The molecule has 0 amide bonds. The van der Waals surface area contributed by atoms with Crippen molar-refractivity contribution >= 4 is 5.69 Å². The number of hydrogen-bond donors (Lipinski definition) is 2. The first-order valence-corrected chi connectivity index (χ1v) is 6.36. The molecule has 0 aliphatic carbocycles. The standard InChI is InChI=1S/C14H24N2O/c1-16(10-3-2-4-12-17)11-9-13-5-7-14(15)8-6-13/h5-8,17H,2-4,9-12,15H2,1H3. The second-order valence-corrected chi connectivity index (χ2v) is 4.58. The van der Waals surface area contributed by atoms with Gasteiger partial charge in [0.25, 0.3) is 0 Å². The maximum absolute atomic E-state index is 8.68. The molecular formula is C14H24N2O. The van der Waals surface area contributed by atoms with Crippen LogP contribution in [0.3, 0.4) is 0 Å². The highest BCUT2D eigenvalue weighted by atomic mass is 16.2. The number of benzene rings is 1. The van der Waals surface area contributed by atoms with E-state index in [1.165, 1.54) is 12.0 Å². The van der Waals surface area contributed by atoms with Crippen molar-refractivity contribution in [2.75, 3.05) is 32.5 Å². The molecule has 0 saturated carbocycles. The highest BCUT2D eigenvalue weighted by molar-refractivity contribution is 5.39. The Labute approximate surface area is 104 Å². The molecule has 3 N–H and O–H groups in total. The molecule has 0 heterocycles. The second-order valence-electron chi connectivity index (χ2n) is 4.58. The number of nitrogens with two attached hydrogens (primary N) is 1. The van der Waals surface area contributed by atoms with Gasteiger partial charge in [-0.05, 0) is 57.0 Å². The number of nitrogen functional groups attached to an aromatic ring is 1. The molecule has 0 saturated heterocycles. The minimum absolute atomic E-state index is 0.315. The van der Waals surface area contributed by atoms with Gasteiger partial charge in [0.2, 0.25) is 0 Å². The van der Waals surface area contributed by atoms with Crippen molar-refractivity contribution in [3.63, 3.8) is 0 Å². The molecule has 0 unspecified atom stereocenters. The van der Waals surface area contributed by atoms with Crippen LogP contribution in [0.5, 0.6) is 0 Å². The first-order chi connectivity index (χ1) is 8.22. The number of likely N-dealkylation sites (N-methyl/N-ethyl adjacent to an activating group) is 1. The molecule has 1 aromatic rings. The van der Waals surface area contributed by atoms with Gasteiger partial charge in [0.05, 0.1) is 0 Å². The third-order valence-corrected chi connectivity index (χ3v) is 2.96. The highest BCUT2D eigenvalue weighted by Gasteiger charge is 1.99. The van der Waals surface area contributed by atoms with E-state index in [0.29, 0.717) is 6.61 Å². The first kappa shape index (κ1) is 14.0. The van der Waals surface area contributed by atoms with E-state index < -0.39 is 0 Å². The number of rotatable bonds is 8. The molecule has 3 heteroatoms. The van der Waals surface area contributed by atoms with Gasteiger partial charge in [-0.15, -0.1) is 0 Å². The van der Waals surface area contributed by atoms with Gasteiger partial charge < -0.3 is 15.7 Å². The fraction of sp³-hybridized carbons (Fsp3) is 0.571. The van der Waals surface area contributed by atoms with Gasteiger partial charge in [0.15, 0.2) is 0 Å². The molecule has 0 atom stereocenters. The van der Waals surface area contributed by atoms with Gasteiger partial charge in [-0.2, -0.15) is 0 Å². The predicted octanol–water partition coefficient (Wildman–Crippen LogP) is 1.91. The molecule has 3 nitrogen and oxygen atoms in total. The summed E-state index contributed by atoms with van der Waals surface area (Å²) in [5.41, 5.74) is 7.81. The van der Waals surface area contributed by atoms with Crippen LogP contribution in [0.1, 0.15) is 24.8 Å². The number of hydrogen-bond acceptors (Lipinski definition) is 3. The van der Waals surface area contributed by atoms with Crippen molar-refractivity contribution < 1.29 is 5.11 Å². The molecule has 96 valence electrons. The van der Waals surface area contributed by atoms with Crippen LogP contribution in [0.2, 0.25) is 0 Å². The Bertz CT molecular complexity index is 298. The lowest BCUT2D eigenvalue weighted by Gasteiger charge is -2.16. The average Bonchev–Trinajstić information content (AvgIpc) is 2.34. The first-order valence-electron chi connectivity index (χ1n) is 6.36. The Balaban J connectivity index is 2.14. The summed E-state index contributed by atoms with van der Waals surface area (Å²) in [5.74, 6) is 0. The molecule has 0 spiro atoms. The molecule has 17 heavy (non-hydrogen) atoms. The summed E-state index contributed by atoms with van der Waals surface area (Å²) >= 11 is 0. The summed E-state index contributed by atoms with van der Waals surface area (Å²) in [4.78, 5) is 2.34. The number of anilines is 1. The van der Waals surface area contributed by atoms with Crippen LogP contribution >= 0.6 is 0 Å². The van der Waals surface area contributed by atoms with Crippen LogP contribution < -0.4 is 5.73 Å². The molecule has 0 aliphatic rings. The Hall–Kier alpha value is -1.06. The SMILES string of the molecule is CN(CCCCCO)CCc1ccc(N)cc1. The maximum Gasteiger partial charge on any atom is 0.0431 e. The monoisotopic (exact) mass is 236 g/mol. The summed E-state index contributed by atoms with van der Waals surface area (Å²) in [5, 5.41) is 8.68. The van der Waals surface area contributed by atoms with Crippen molar-refractivity contribution in [1.82, 2.24) is 4.90 Å². The van der Waals surface area contributed by atoms with Gasteiger partial charge in [0, 0.05) is 18.8 Å². The van der Waals surface area contributed by atoms with E-state index in [9.17, 15) is 0 Å². The van der Waals surface area contributed by atoms with E-state index in [1.807, 2.05) is 12.1 Å². The van der Waals surface area contributed by atoms with E-state index in [0.717, 1.165) is 38.0 Å². The van der Waals surface area contributed by atoms with Crippen LogP contribution in [0.4, 0.5) is 5.69 Å². The molecule has 1 aromatic carbocycles. The third-order valence-electron chi connectivity index (χ3n) is 2.96. The Morgan fingerprint density at radius 2 is 1.76 bits per heavy atom. The van der Waals surface area contributed by atoms with Crippen molar-refractivity contribution in [1.29, 1.82) is 0 Å². The van der Waals surface area contributed by atoms with E-state index in [1.54, 1.807) is 0 Å². The van der Waals surface area contributed by atoms with Gasteiger partial charge in [-0.1, -0.05) is 12.1 Å². The van der Waals surface area contributed by atoms with Crippen molar-refractivity contribution in [3.8, 4) is 0 Å². The number of aliphatic hydroxyl groups excluding tert-OH is 1. The zero-order valence-corrected chi connectivity index (χ0v) is 10.7. The Morgan fingerprint density at radius 1 is 1.06 bits per heavy atom. The average molecular weight is 236 g/mol. The molecule has 1 rings (SSSR count).